The van der Waals surface area contributed by atoms with Gasteiger partial charge < -0.3 is 14.5 Å². The minimum atomic E-state index is -4.46. The van der Waals surface area contributed by atoms with Gasteiger partial charge in [-0.25, -0.2) is 4.98 Å². The zero-order chi connectivity index (χ0) is 25.0. The van der Waals surface area contributed by atoms with Crippen LogP contribution in [0.3, 0.4) is 0 Å². The fourth-order valence-corrected chi connectivity index (χ4v) is 5.03. The molecule has 4 rings (SSSR count). The van der Waals surface area contributed by atoms with E-state index < -0.39 is 11.7 Å². The average Bonchev–Trinajstić information content (AvgIpc) is 2.85. The van der Waals surface area contributed by atoms with Crippen LogP contribution >= 0.6 is 11.6 Å². The fraction of sp³-hybridized carbons (Fsp3) is 0.520. The van der Waals surface area contributed by atoms with Crippen molar-refractivity contribution in [1.82, 2.24) is 9.88 Å². The molecule has 0 atom stereocenters. The highest BCUT2D eigenvalue weighted by molar-refractivity contribution is 6.33. The summed E-state index contributed by atoms with van der Waals surface area (Å²) in [6.45, 7) is 7.40. The highest BCUT2D eigenvalue weighted by Gasteiger charge is 2.32. The third kappa shape index (κ3) is 6.19. The summed E-state index contributed by atoms with van der Waals surface area (Å²) in [6.07, 6.45) is -2.05. The molecule has 1 aromatic carbocycles. The average molecular weight is 511 g/mol. The van der Waals surface area contributed by atoms with Gasteiger partial charge in [0, 0.05) is 57.7 Å². The number of carbonyl (C=O) groups is 1. The number of pyridine rings is 1. The Morgan fingerprint density at radius 3 is 2.40 bits per heavy atom. The van der Waals surface area contributed by atoms with Crippen LogP contribution in [0, 0.1) is 5.92 Å². The van der Waals surface area contributed by atoms with E-state index in [-0.39, 0.29) is 16.9 Å². The number of benzene rings is 1. The monoisotopic (exact) mass is 510 g/mol. The molecule has 1 aromatic heterocycles. The van der Waals surface area contributed by atoms with Crippen LogP contribution in [0.5, 0.6) is 0 Å². The summed E-state index contributed by atoms with van der Waals surface area (Å²) >= 11 is 6.14. The van der Waals surface area contributed by atoms with Crippen molar-refractivity contribution in [2.45, 2.75) is 32.5 Å². The summed E-state index contributed by atoms with van der Waals surface area (Å²) in [5.41, 5.74) is 1.57. The van der Waals surface area contributed by atoms with E-state index in [2.05, 4.69) is 26.9 Å². The molecule has 2 saturated heterocycles. The number of alkyl halides is 3. The molecule has 0 unspecified atom stereocenters. The van der Waals surface area contributed by atoms with Gasteiger partial charge in [0.25, 0.3) is 0 Å². The number of esters is 1. The van der Waals surface area contributed by atoms with Gasteiger partial charge in [0.1, 0.15) is 5.82 Å². The summed E-state index contributed by atoms with van der Waals surface area (Å²) in [6, 6.07) is 9.27. The Balaban J connectivity index is 1.35. The number of hydrogen-bond donors (Lipinski definition) is 0. The number of para-hydroxylation sites is 1. The number of ether oxygens (including phenoxy) is 1. The van der Waals surface area contributed by atoms with Crippen molar-refractivity contribution in [3.8, 4) is 0 Å². The van der Waals surface area contributed by atoms with Crippen LogP contribution in [-0.2, 0) is 22.3 Å². The van der Waals surface area contributed by atoms with E-state index >= 15 is 0 Å². The second kappa shape index (κ2) is 11.0. The van der Waals surface area contributed by atoms with E-state index in [1.807, 2.05) is 24.0 Å². The molecule has 2 aliphatic heterocycles. The zero-order valence-electron chi connectivity index (χ0n) is 19.7. The highest BCUT2D eigenvalue weighted by Crippen LogP contribution is 2.34. The van der Waals surface area contributed by atoms with Gasteiger partial charge in [-0.3, -0.25) is 9.69 Å². The van der Waals surface area contributed by atoms with Crippen LogP contribution in [0.1, 0.15) is 30.9 Å². The first-order valence-corrected chi connectivity index (χ1v) is 12.3. The Labute approximate surface area is 208 Å². The molecule has 3 heterocycles. The van der Waals surface area contributed by atoms with Crippen LogP contribution in [0.4, 0.5) is 24.7 Å². The molecule has 35 heavy (non-hydrogen) atoms. The van der Waals surface area contributed by atoms with Crippen LogP contribution in [-0.4, -0.2) is 61.7 Å². The smallest absolute Gasteiger partial charge is 0.417 e. The Morgan fingerprint density at radius 1 is 1.09 bits per heavy atom. The van der Waals surface area contributed by atoms with Crippen molar-refractivity contribution < 1.29 is 22.7 Å². The molecule has 2 aliphatic rings. The molecule has 6 nitrogen and oxygen atoms in total. The minimum Gasteiger partial charge on any atom is -0.466 e. The van der Waals surface area contributed by atoms with Crippen molar-refractivity contribution in [3.05, 3.63) is 52.7 Å². The van der Waals surface area contributed by atoms with Gasteiger partial charge in [-0.2, -0.15) is 13.2 Å². The fourth-order valence-electron chi connectivity index (χ4n) is 4.75. The number of piperidine rings is 1. The SMILES string of the molecule is CCOC(=O)C1CCN(c2ccccc2CN2CCN(c3ncc(C(F)(F)F)cc3Cl)CC2)CC1. The van der Waals surface area contributed by atoms with Gasteiger partial charge in [0.15, 0.2) is 0 Å². The largest absolute Gasteiger partial charge is 0.466 e. The predicted molar refractivity (Wildman–Crippen MR) is 130 cm³/mol. The number of halogens is 4. The molecule has 2 aromatic rings. The first-order valence-electron chi connectivity index (χ1n) is 12.0. The first kappa shape index (κ1) is 25.6. The summed E-state index contributed by atoms with van der Waals surface area (Å²) < 4.78 is 43.9. The lowest BCUT2D eigenvalue weighted by Crippen LogP contribution is -2.46. The van der Waals surface area contributed by atoms with Gasteiger partial charge >= 0.3 is 12.1 Å². The predicted octanol–water partition coefficient (Wildman–Crippen LogP) is 4.86. The number of aromatic nitrogens is 1. The molecule has 0 radical (unpaired) electrons. The molecule has 0 amide bonds. The number of carbonyl (C=O) groups excluding carboxylic acids is 1. The summed E-state index contributed by atoms with van der Waals surface area (Å²) in [7, 11) is 0. The lowest BCUT2D eigenvalue weighted by molar-refractivity contribution is -0.148. The van der Waals surface area contributed by atoms with Crippen LogP contribution in [0.25, 0.3) is 0 Å². The van der Waals surface area contributed by atoms with Gasteiger partial charge in [-0.15, -0.1) is 0 Å². The maximum atomic E-state index is 12.9. The number of rotatable bonds is 6. The van der Waals surface area contributed by atoms with Crippen molar-refractivity contribution in [2.24, 2.45) is 5.92 Å². The van der Waals surface area contributed by atoms with Gasteiger partial charge in [0.05, 0.1) is 23.1 Å². The Morgan fingerprint density at radius 2 is 1.77 bits per heavy atom. The standard InChI is InChI=1S/C25H30ClF3N4O2/c1-2-35-24(34)18-7-9-32(10-8-18)22-6-4-3-5-19(22)17-31-11-13-33(14-12-31)23-21(26)15-20(16-30-23)25(27,28)29/h3-6,15-16,18H,2,7-14,17H2,1H3. The normalized spacial score (nSPS) is 18.1. The quantitative estimate of drug-likeness (QED) is 0.518. The number of nitrogens with zero attached hydrogens (tertiary/aromatic N) is 4. The number of piperazine rings is 1. The van der Waals surface area contributed by atoms with Crippen LogP contribution < -0.4 is 9.80 Å². The summed E-state index contributed by atoms with van der Waals surface area (Å²) in [5.74, 6) is 0.266. The van der Waals surface area contributed by atoms with E-state index in [9.17, 15) is 18.0 Å². The van der Waals surface area contributed by atoms with E-state index in [0.29, 0.717) is 25.5 Å². The molecule has 190 valence electrons. The molecule has 2 fully saturated rings. The van der Waals surface area contributed by atoms with Gasteiger partial charge in [0.2, 0.25) is 0 Å². The zero-order valence-corrected chi connectivity index (χ0v) is 20.5. The Hall–Kier alpha value is -2.52. The summed E-state index contributed by atoms with van der Waals surface area (Å²) in [4.78, 5) is 22.7. The van der Waals surface area contributed by atoms with E-state index in [4.69, 9.17) is 16.3 Å². The molecule has 0 N–H and O–H groups in total. The first-order chi connectivity index (χ1) is 16.8. The Bertz CT molecular complexity index is 1020. The lowest BCUT2D eigenvalue weighted by Gasteiger charge is -2.37. The van der Waals surface area contributed by atoms with Gasteiger partial charge in [-0.05, 0) is 37.5 Å². The van der Waals surface area contributed by atoms with E-state index in [0.717, 1.165) is 57.8 Å². The van der Waals surface area contributed by atoms with E-state index in [1.54, 1.807) is 0 Å². The molecular weight excluding hydrogens is 481 g/mol. The molecule has 0 bridgehead atoms. The van der Waals surface area contributed by atoms with Crippen LogP contribution in [0.15, 0.2) is 36.5 Å². The number of hydrogen-bond acceptors (Lipinski definition) is 6. The van der Waals surface area contributed by atoms with Crippen molar-refractivity contribution >= 4 is 29.1 Å². The van der Waals surface area contributed by atoms with Crippen molar-refractivity contribution in [3.63, 3.8) is 0 Å². The highest BCUT2D eigenvalue weighted by atomic mass is 35.5. The second-order valence-corrected chi connectivity index (χ2v) is 9.34. The van der Waals surface area contributed by atoms with Crippen molar-refractivity contribution in [2.75, 3.05) is 55.7 Å². The molecule has 10 heteroatoms. The van der Waals surface area contributed by atoms with Gasteiger partial charge in [-0.1, -0.05) is 29.8 Å². The molecule has 0 spiro atoms. The second-order valence-electron chi connectivity index (χ2n) is 8.93. The molecular formula is C25H30ClF3N4O2. The number of anilines is 2. The maximum Gasteiger partial charge on any atom is 0.417 e. The van der Waals surface area contributed by atoms with Crippen LogP contribution in [0.2, 0.25) is 5.02 Å². The van der Waals surface area contributed by atoms with Crippen molar-refractivity contribution in [1.29, 1.82) is 0 Å². The maximum absolute atomic E-state index is 12.9. The van der Waals surface area contributed by atoms with E-state index in [1.165, 1.54) is 11.3 Å². The molecule has 0 saturated carbocycles. The third-order valence-corrected chi connectivity index (χ3v) is 6.94. The minimum absolute atomic E-state index is 0.0184. The molecule has 0 aliphatic carbocycles. The summed E-state index contributed by atoms with van der Waals surface area (Å²) in [5, 5.41) is 0.0184. The lowest BCUT2D eigenvalue weighted by atomic mass is 9.96. The Kier molecular flexibility index (Phi) is 8.06. The topological polar surface area (TPSA) is 48.9 Å². The third-order valence-electron chi connectivity index (χ3n) is 6.66.